The van der Waals surface area contributed by atoms with Crippen LogP contribution in [0.4, 0.5) is 5.69 Å². The van der Waals surface area contributed by atoms with Gasteiger partial charge in [-0.25, -0.2) is 4.68 Å². The van der Waals surface area contributed by atoms with Crippen LogP contribution in [-0.2, 0) is 6.42 Å². The Bertz CT molecular complexity index is 656. The van der Waals surface area contributed by atoms with Crippen molar-refractivity contribution >= 4 is 17.3 Å². The summed E-state index contributed by atoms with van der Waals surface area (Å²) in [6.07, 6.45) is 4.50. The van der Waals surface area contributed by atoms with E-state index in [2.05, 4.69) is 10.3 Å². The third kappa shape index (κ3) is 3.56. The van der Waals surface area contributed by atoms with E-state index in [-0.39, 0.29) is 10.7 Å². The zero-order valence-electron chi connectivity index (χ0n) is 11.6. The van der Waals surface area contributed by atoms with Gasteiger partial charge in [-0.2, -0.15) is 0 Å². The maximum Gasteiger partial charge on any atom is 0.288 e. The summed E-state index contributed by atoms with van der Waals surface area (Å²) >= 11 is 5.94. The molecule has 2 N–H and O–H groups in total. The van der Waals surface area contributed by atoms with Crippen LogP contribution in [0.25, 0.3) is 5.69 Å². The largest absolute Gasteiger partial charge is 0.330 e. The molecule has 0 spiro atoms. The Balaban J connectivity index is 2.26. The van der Waals surface area contributed by atoms with E-state index >= 15 is 0 Å². The van der Waals surface area contributed by atoms with Gasteiger partial charge in [-0.15, -0.1) is 5.10 Å². The van der Waals surface area contributed by atoms with E-state index < -0.39 is 4.92 Å². The van der Waals surface area contributed by atoms with Gasteiger partial charge in [0.2, 0.25) is 0 Å². The van der Waals surface area contributed by atoms with Crippen LogP contribution in [0, 0.1) is 17.0 Å². The van der Waals surface area contributed by atoms with Crippen molar-refractivity contribution in [2.75, 3.05) is 6.54 Å². The molecule has 0 atom stereocenters. The standard InChI is InChI=1S/C13H16ClN5O2/c1-9-6-13(19(20)21)11(14)7-12(9)18-8-10(16-17-18)4-2-3-5-15/h6-8H,2-5,15H2,1H3. The molecule has 0 aliphatic carbocycles. The van der Waals surface area contributed by atoms with Crippen LogP contribution in [0.1, 0.15) is 24.1 Å². The first kappa shape index (κ1) is 15.4. The van der Waals surface area contributed by atoms with E-state index in [0.29, 0.717) is 17.8 Å². The molecule has 0 saturated heterocycles. The van der Waals surface area contributed by atoms with E-state index in [4.69, 9.17) is 17.3 Å². The number of aromatic nitrogens is 3. The van der Waals surface area contributed by atoms with Crippen LogP contribution in [0.3, 0.4) is 0 Å². The number of rotatable bonds is 6. The third-order valence-electron chi connectivity index (χ3n) is 3.14. The quantitative estimate of drug-likeness (QED) is 0.502. The van der Waals surface area contributed by atoms with E-state index in [1.165, 1.54) is 12.1 Å². The molecule has 0 radical (unpaired) electrons. The maximum atomic E-state index is 10.8. The number of halogens is 1. The average molecular weight is 310 g/mol. The normalized spacial score (nSPS) is 10.8. The molecule has 1 aromatic heterocycles. The van der Waals surface area contributed by atoms with Gasteiger partial charge >= 0.3 is 0 Å². The van der Waals surface area contributed by atoms with Gasteiger partial charge in [-0.1, -0.05) is 16.8 Å². The van der Waals surface area contributed by atoms with Crippen LogP contribution in [0.5, 0.6) is 0 Å². The SMILES string of the molecule is Cc1cc([N+](=O)[O-])c(Cl)cc1-n1cc(CCCCN)nn1. The minimum Gasteiger partial charge on any atom is -0.330 e. The van der Waals surface area contributed by atoms with Crippen molar-refractivity contribution in [3.05, 3.63) is 44.7 Å². The summed E-state index contributed by atoms with van der Waals surface area (Å²) in [7, 11) is 0. The van der Waals surface area contributed by atoms with Crippen LogP contribution in [0.15, 0.2) is 18.3 Å². The number of unbranched alkanes of at least 4 members (excludes halogenated alkanes) is 1. The Hall–Kier alpha value is -1.99. The van der Waals surface area contributed by atoms with Crippen molar-refractivity contribution in [3.63, 3.8) is 0 Å². The molecule has 1 heterocycles. The summed E-state index contributed by atoms with van der Waals surface area (Å²) in [5.41, 5.74) is 7.60. The number of hydrogen-bond donors (Lipinski definition) is 1. The second-order valence-electron chi connectivity index (χ2n) is 4.75. The smallest absolute Gasteiger partial charge is 0.288 e. The van der Waals surface area contributed by atoms with Crippen molar-refractivity contribution in [2.45, 2.75) is 26.2 Å². The lowest BCUT2D eigenvalue weighted by Crippen LogP contribution is -2.00. The first-order chi connectivity index (χ1) is 10.0. The molecule has 0 aliphatic rings. The summed E-state index contributed by atoms with van der Waals surface area (Å²) in [5, 5.41) is 19.1. The number of aryl methyl sites for hydroxylation is 2. The zero-order valence-corrected chi connectivity index (χ0v) is 12.4. The Morgan fingerprint density at radius 1 is 1.43 bits per heavy atom. The van der Waals surface area contributed by atoms with Crippen molar-refractivity contribution in [1.82, 2.24) is 15.0 Å². The van der Waals surface area contributed by atoms with E-state index in [1.807, 2.05) is 0 Å². The molecule has 21 heavy (non-hydrogen) atoms. The summed E-state index contributed by atoms with van der Waals surface area (Å²) in [4.78, 5) is 10.3. The second-order valence-corrected chi connectivity index (χ2v) is 5.15. The van der Waals surface area contributed by atoms with Gasteiger partial charge in [0.1, 0.15) is 5.02 Å². The molecule has 8 heteroatoms. The fourth-order valence-electron chi connectivity index (χ4n) is 2.02. The van der Waals surface area contributed by atoms with E-state index in [1.54, 1.807) is 17.8 Å². The van der Waals surface area contributed by atoms with Gasteiger partial charge < -0.3 is 5.73 Å². The van der Waals surface area contributed by atoms with Gasteiger partial charge in [0.05, 0.1) is 22.5 Å². The van der Waals surface area contributed by atoms with Crippen molar-refractivity contribution in [2.24, 2.45) is 5.73 Å². The van der Waals surface area contributed by atoms with Gasteiger partial charge in [0.25, 0.3) is 5.69 Å². The Labute approximate surface area is 126 Å². The molecule has 2 rings (SSSR count). The predicted molar refractivity (Wildman–Crippen MR) is 79.8 cm³/mol. The lowest BCUT2D eigenvalue weighted by atomic mass is 10.1. The summed E-state index contributed by atoms with van der Waals surface area (Å²) in [5.74, 6) is 0. The molecule has 0 unspecified atom stereocenters. The number of nitrogens with two attached hydrogens (primary N) is 1. The lowest BCUT2D eigenvalue weighted by Gasteiger charge is -2.06. The number of nitro groups is 1. The zero-order chi connectivity index (χ0) is 15.4. The van der Waals surface area contributed by atoms with Crippen LogP contribution in [-0.4, -0.2) is 26.5 Å². The highest BCUT2D eigenvalue weighted by Crippen LogP contribution is 2.29. The second kappa shape index (κ2) is 6.64. The van der Waals surface area contributed by atoms with Crippen LogP contribution < -0.4 is 5.73 Å². The molecule has 112 valence electrons. The summed E-state index contributed by atoms with van der Waals surface area (Å²) in [6, 6.07) is 2.97. The molecule has 0 saturated carbocycles. The molecule has 2 aromatic rings. The highest BCUT2D eigenvalue weighted by atomic mass is 35.5. The first-order valence-electron chi connectivity index (χ1n) is 6.59. The first-order valence-corrected chi connectivity index (χ1v) is 6.97. The molecular formula is C13H16ClN5O2. The maximum absolute atomic E-state index is 10.8. The van der Waals surface area contributed by atoms with Gasteiger partial charge in [0, 0.05) is 6.07 Å². The van der Waals surface area contributed by atoms with Crippen molar-refractivity contribution in [3.8, 4) is 5.69 Å². The van der Waals surface area contributed by atoms with Gasteiger partial charge in [0.15, 0.2) is 0 Å². The average Bonchev–Trinajstić information content (AvgIpc) is 2.89. The topological polar surface area (TPSA) is 99.9 Å². The number of nitro benzene ring substituents is 1. The Kier molecular flexibility index (Phi) is 4.87. The van der Waals surface area contributed by atoms with Crippen molar-refractivity contribution < 1.29 is 4.92 Å². The van der Waals surface area contributed by atoms with Gasteiger partial charge in [-0.05, 0) is 44.4 Å². The fourth-order valence-corrected chi connectivity index (χ4v) is 2.25. The predicted octanol–water partition coefficient (Wildman–Crippen LogP) is 2.42. The fraction of sp³-hybridized carbons (Fsp3) is 0.385. The van der Waals surface area contributed by atoms with Crippen molar-refractivity contribution in [1.29, 1.82) is 0 Å². The molecule has 0 amide bonds. The number of nitrogens with zero attached hydrogens (tertiary/aromatic N) is 4. The Morgan fingerprint density at radius 3 is 2.86 bits per heavy atom. The molecule has 1 aromatic carbocycles. The van der Waals surface area contributed by atoms with E-state index in [0.717, 1.165) is 25.0 Å². The Morgan fingerprint density at radius 2 is 2.19 bits per heavy atom. The minimum absolute atomic E-state index is 0.0841. The molecule has 7 nitrogen and oxygen atoms in total. The third-order valence-corrected chi connectivity index (χ3v) is 3.44. The summed E-state index contributed by atoms with van der Waals surface area (Å²) in [6.45, 7) is 2.43. The van der Waals surface area contributed by atoms with Gasteiger partial charge in [-0.3, -0.25) is 10.1 Å². The molecular weight excluding hydrogens is 294 g/mol. The lowest BCUT2D eigenvalue weighted by molar-refractivity contribution is -0.384. The monoisotopic (exact) mass is 309 g/mol. The van der Waals surface area contributed by atoms with E-state index in [9.17, 15) is 10.1 Å². The molecule has 0 bridgehead atoms. The highest BCUT2D eigenvalue weighted by Gasteiger charge is 2.16. The molecule has 0 aliphatic heterocycles. The molecule has 0 fully saturated rings. The van der Waals surface area contributed by atoms with Crippen LogP contribution >= 0.6 is 11.6 Å². The minimum atomic E-state index is -0.501. The number of hydrogen-bond acceptors (Lipinski definition) is 5. The highest BCUT2D eigenvalue weighted by molar-refractivity contribution is 6.32. The number of benzene rings is 1. The summed E-state index contributed by atoms with van der Waals surface area (Å²) < 4.78 is 1.59. The van der Waals surface area contributed by atoms with Crippen LogP contribution in [0.2, 0.25) is 5.02 Å².